The summed E-state index contributed by atoms with van der Waals surface area (Å²) in [6.45, 7) is 2.03. The molecule has 0 amide bonds. The molecule has 3 rings (SSSR count). The van der Waals surface area contributed by atoms with Gasteiger partial charge in [-0.15, -0.1) is 5.10 Å². The fourth-order valence-corrected chi connectivity index (χ4v) is 2.00. The van der Waals surface area contributed by atoms with E-state index in [1.165, 1.54) is 0 Å². The predicted octanol–water partition coefficient (Wildman–Crippen LogP) is 2.82. The number of rotatable bonds is 2. The number of hydrogen-bond donors (Lipinski definition) is 1. The van der Waals surface area contributed by atoms with Crippen LogP contribution in [0.1, 0.15) is 5.56 Å². The highest BCUT2D eigenvalue weighted by Crippen LogP contribution is 2.20. The zero-order valence-corrected chi connectivity index (χ0v) is 10.6. The number of hydrogen-bond acceptors (Lipinski definition) is 3. The van der Waals surface area contributed by atoms with Crippen LogP contribution in [-0.4, -0.2) is 15.0 Å². The van der Waals surface area contributed by atoms with Crippen LogP contribution in [0.4, 0.5) is 5.69 Å². The number of nitrogens with zero attached hydrogens (tertiary/aromatic N) is 3. The normalized spacial score (nSPS) is 10.6. The number of nitrogen functional groups attached to an aromatic ring is 1. The van der Waals surface area contributed by atoms with Crippen molar-refractivity contribution in [2.45, 2.75) is 6.92 Å². The summed E-state index contributed by atoms with van der Waals surface area (Å²) in [6.07, 6.45) is 1.91. The van der Waals surface area contributed by atoms with Crippen LogP contribution in [0.2, 0.25) is 0 Å². The molecule has 0 aliphatic heterocycles. The molecule has 0 saturated heterocycles. The van der Waals surface area contributed by atoms with Gasteiger partial charge in [-0.1, -0.05) is 41.6 Å². The number of aryl methyl sites for hydroxylation is 1. The molecule has 19 heavy (non-hydrogen) atoms. The quantitative estimate of drug-likeness (QED) is 0.711. The van der Waals surface area contributed by atoms with Crippen molar-refractivity contribution < 1.29 is 0 Å². The molecule has 0 fully saturated rings. The Morgan fingerprint density at radius 3 is 2.63 bits per heavy atom. The first-order valence-corrected chi connectivity index (χ1v) is 6.08. The lowest BCUT2D eigenvalue weighted by atomic mass is 10.1. The van der Waals surface area contributed by atoms with E-state index in [0.717, 1.165) is 28.2 Å². The molecule has 4 nitrogen and oxygen atoms in total. The average Bonchev–Trinajstić information content (AvgIpc) is 2.92. The molecular weight excluding hydrogens is 236 g/mol. The van der Waals surface area contributed by atoms with Gasteiger partial charge in [0.1, 0.15) is 5.69 Å². The predicted molar refractivity (Wildman–Crippen MR) is 75.9 cm³/mol. The monoisotopic (exact) mass is 250 g/mol. The molecule has 0 radical (unpaired) electrons. The second-order valence-electron chi connectivity index (χ2n) is 4.46. The molecule has 2 aromatic carbocycles. The fourth-order valence-electron chi connectivity index (χ4n) is 2.00. The Hall–Kier alpha value is -2.62. The van der Waals surface area contributed by atoms with Crippen LogP contribution in [-0.2, 0) is 0 Å². The molecule has 0 bridgehead atoms. The van der Waals surface area contributed by atoms with Gasteiger partial charge in [0.05, 0.1) is 11.9 Å². The van der Waals surface area contributed by atoms with Gasteiger partial charge in [0, 0.05) is 11.3 Å². The molecule has 1 aromatic heterocycles. The van der Waals surface area contributed by atoms with Crippen molar-refractivity contribution in [3.63, 3.8) is 0 Å². The summed E-state index contributed by atoms with van der Waals surface area (Å²) < 4.78 is 1.76. The van der Waals surface area contributed by atoms with Gasteiger partial charge in [-0.05, 0) is 24.6 Å². The third-order valence-electron chi connectivity index (χ3n) is 3.04. The van der Waals surface area contributed by atoms with Gasteiger partial charge < -0.3 is 5.73 Å². The SMILES string of the molecule is Cc1ccc(N)cc1-n1cc(-c2ccccc2)nn1. The summed E-state index contributed by atoms with van der Waals surface area (Å²) in [7, 11) is 0. The standard InChI is InChI=1S/C15H14N4/c1-11-7-8-13(16)9-15(11)19-10-14(17-18-19)12-5-3-2-4-6-12/h2-10H,16H2,1H3. The van der Waals surface area contributed by atoms with E-state index in [1.807, 2.05) is 61.7 Å². The summed E-state index contributed by atoms with van der Waals surface area (Å²) in [5.74, 6) is 0. The molecule has 1 heterocycles. The lowest BCUT2D eigenvalue weighted by Gasteiger charge is -2.05. The zero-order valence-electron chi connectivity index (χ0n) is 10.6. The van der Waals surface area contributed by atoms with E-state index < -0.39 is 0 Å². The second-order valence-corrected chi connectivity index (χ2v) is 4.46. The molecule has 0 aliphatic carbocycles. The van der Waals surface area contributed by atoms with Crippen LogP contribution in [0.25, 0.3) is 16.9 Å². The number of anilines is 1. The zero-order chi connectivity index (χ0) is 13.2. The van der Waals surface area contributed by atoms with Gasteiger partial charge in [-0.3, -0.25) is 0 Å². The van der Waals surface area contributed by atoms with Crippen molar-refractivity contribution in [2.75, 3.05) is 5.73 Å². The van der Waals surface area contributed by atoms with Gasteiger partial charge in [-0.2, -0.15) is 0 Å². The Morgan fingerprint density at radius 1 is 1.05 bits per heavy atom. The van der Waals surface area contributed by atoms with Crippen molar-refractivity contribution >= 4 is 5.69 Å². The number of aromatic nitrogens is 3. The Kier molecular flexibility index (Phi) is 2.76. The third kappa shape index (κ3) is 2.20. The molecule has 3 aromatic rings. The van der Waals surface area contributed by atoms with Crippen LogP contribution in [0.15, 0.2) is 54.7 Å². The van der Waals surface area contributed by atoms with Crippen LogP contribution in [0.3, 0.4) is 0 Å². The first-order chi connectivity index (χ1) is 9.24. The molecule has 0 aliphatic rings. The highest BCUT2D eigenvalue weighted by molar-refractivity contribution is 5.59. The maximum Gasteiger partial charge on any atom is 0.113 e. The highest BCUT2D eigenvalue weighted by atomic mass is 15.4. The molecule has 0 unspecified atom stereocenters. The lowest BCUT2D eigenvalue weighted by molar-refractivity contribution is 0.799. The van der Waals surface area contributed by atoms with Crippen molar-refractivity contribution in [1.82, 2.24) is 15.0 Å². The van der Waals surface area contributed by atoms with Crippen LogP contribution in [0, 0.1) is 6.92 Å². The number of benzene rings is 2. The van der Waals surface area contributed by atoms with Crippen molar-refractivity contribution in [3.8, 4) is 16.9 Å². The van der Waals surface area contributed by atoms with E-state index >= 15 is 0 Å². The molecule has 94 valence electrons. The minimum Gasteiger partial charge on any atom is -0.399 e. The summed E-state index contributed by atoms with van der Waals surface area (Å²) in [4.78, 5) is 0. The smallest absolute Gasteiger partial charge is 0.113 e. The maximum atomic E-state index is 5.82. The Bertz CT molecular complexity index is 701. The van der Waals surface area contributed by atoms with E-state index in [0.29, 0.717) is 0 Å². The third-order valence-corrected chi connectivity index (χ3v) is 3.04. The Labute approximate surface area is 111 Å². The second kappa shape index (κ2) is 4.57. The van der Waals surface area contributed by atoms with Crippen LogP contribution in [0.5, 0.6) is 0 Å². The Morgan fingerprint density at radius 2 is 1.84 bits per heavy atom. The molecule has 4 heteroatoms. The molecular formula is C15H14N4. The van der Waals surface area contributed by atoms with E-state index in [2.05, 4.69) is 10.3 Å². The van der Waals surface area contributed by atoms with Gasteiger partial charge in [0.2, 0.25) is 0 Å². The topological polar surface area (TPSA) is 56.7 Å². The minimum atomic E-state index is 0.720. The largest absolute Gasteiger partial charge is 0.399 e. The first kappa shape index (κ1) is 11.5. The first-order valence-electron chi connectivity index (χ1n) is 6.08. The van der Waals surface area contributed by atoms with Crippen LogP contribution >= 0.6 is 0 Å². The minimum absolute atomic E-state index is 0.720. The molecule has 0 atom stereocenters. The van der Waals surface area contributed by atoms with Gasteiger partial charge in [-0.25, -0.2) is 4.68 Å². The van der Waals surface area contributed by atoms with Crippen molar-refractivity contribution in [2.24, 2.45) is 0 Å². The fraction of sp³-hybridized carbons (Fsp3) is 0.0667. The van der Waals surface area contributed by atoms with Crippen molar-refractivity contribution in [1.29, 1.82) is 0 Å². The van der Waals surface area contributed by atoms with E-state index in [1.54, 1.807) is 4.68 Å². The summed E-state index contributed by atoms with van der Waals surface area (Å²) in [6, 6.07) is 15.7. The van der Waals surface area contributed by atoms with E-state index in [-0.39, 0.29) is 0 Å². The molecule has 2 N–H and O–H groups in total. The highest BCUT2D eigenvalue weighted by Gasteiger charge is 2.07. The lowest BCUT2D eigenvalue weighted by Crippen LogP contribution is -1.99. The summed E-state index contributed by atoms with van der Waals surface area (Å²) in [5, 5.41) is 8.38. The summed E-state index contributed by atoms with van der Waals surface area (Å²) >= 11 is 0. The van der Waals surface area contributed by atoms with E-state index in [9.17, 15) is 0 Å². The van der Waals surface area contributed by atoms with Crippen molar-refractivity contribution in [3.05, 3.63) is 60.3 Å². The van der Waals surface area contributed by atoms with Gasteiger partial charge in [0.15, 0.2) is 0 Å². The summed E-state index contributed by atoms with van der Waals surface area (Å²) in [5.41, 5.74) is 10.5. The van der Waals surface area contributed by atoms with Gasteiger partial charge in [0.25, 0.3) is 0 Å². The molecule has 0 spiro atoms. The number of nitrogens with two attached hydrogens (primary N) is 1. The van der Waals surface area contributed by atoms with Crippen LogP contribution < -0.4 is 5.73 Å². The average molecular weight is 250 g/mol. The Balaban J connectivity index is 2.04. The molecule has 0 saturated carbocycles. The van der Waals surface area contributed by atoms with Gasteiger partial charge >= 0.3 is 0 Å². The van der Waals surface area contributed by atoms with E-state index in [4.69, 9.17) is 5.73 Å². The maximum absolute atomic E-state index is 5.82.